The minimum atomic E-state index is -0.582. The van der Waals surface area contributed by atoms with Crippen molar-refractivity contribution in [1.82, 2.24) is 0 Å². The zero-order valence-electron chi connectivity index (χ0n) is 43.7. The minimum Gasteiger partial charge on any atom is -0.462 e. The van der Waals surface area contributed by atoms with Crippen LogP contribution in [-0.4, -0.2) is 37.9 Å². The Bertz CT molecular complexity index is 1220. The van der Waals surface area contributed by atoms with Gasteiger partial charge < -0.3 is 14.2 Å². The van der Waals surface area contributed by atoms with E-state index in [9.17, 15) is 9.59 Å². The molecule has 0 aromatic rings. The van der Waals surface area contributed by atoms with E-state index in [2.05, 4.69) is 99.8 Å². The Hall–Kier alpha value is -2.92. The third-order valence-corrected chi connectivity index (χ3v) is 11.9. The molecule has 66 heavy (non-hydrogen) atoms. The molecule has 0 bridgehead atoms. The Morgan fingerprint density at radius 2 is 0.712 bits per heavy atom. The van der Waals surface area contributed by atoms with Crippen molar-refractivity contribution in [3.05, 3.63) is 85.1 Å². The van der Waals surface area contributed by atoms with E-state index in [0.29, 0.717) is 25.9 Å². The molecule has 0 aliphatic heterocycles. The van der Waals surface area contributed by atoms with E-state index in [-0.39, 0.29) is 25.2 Å². The Balaban J connectivity index is 4.31. The number of esters is 2. The molecular weight excluding hydrogens is 813 g/mol. The fourth-order valence-corrected chi connectivity index (χ4v) is 7.73. The van der Waals surface area contributed by atoms with Crippen LogP contribution in [0.5, 0.6) is 0 Å². The van der Waals surface area contributed by atoms with Crippen LogP contribution in [0.25, 0.3) is 0 Å². The Labute approximate surface area is 409 Å². The second-order valence-corrected chi connectivity index (χ2v) is 18.4. The topological polar surface area (TPSA) is 61.8 Å². The summed E-state index contributed by atoms with van der Waals surface area (Å²) in [6, 6.07) is 0. The van der Waals surface area contributed by atoms with E-state index in [1.807, 2.05) is 6.08 Å². The van der Waals surface area contributed by atoms with Gasteiger partial charge in [-0.25, -0.2) is 0 Å². The summed E-state index contributed by atoms with van der Waals surface area (Å²) in [6.45, 7) is 7.61. The van der Waals surface area contributed by atoms with Crippen LogP contribution in [0.1, 0.15) is 265 Å². The van der Waals surface area contributed by atoms with Crippen LogP contribution in [0.15, 0.2) is 85.1 Å². The Morgan fingerprint density at radius 1 is 0.348 bits per heavy atom. The summed E-state index contributed by atoms with van der Waals surface area (Å²) < 4.78 is 17.4. The third-order valence-electron chi connectivity index (χ3n) is 11.9. The van der Waals surface area contributed by atoms with Crippen molar-refractivity contribution in [3.8, 4) is 0 Å². The van der Waals surface area contributed by atoms with Gasteiger partial charge in [-0.3, -0.25) is 9.59 Å². The highest BCUT2D eigenvalue weighted by Crippen LogP contribution is 2.14. The zero-order chi connectivity index (χ0) is 47.7. The number of carbonyl (C=O) groups excluding carboxylic acids is 2. The molecule has 0 radical (unpaired) electrons. The van der Waals surface area contributed by atoms with E-state index < -0.39 is 6.10 Å². The molecule has 0 saturated heterocycles. The summed E-state index contributed by atoms with van der Waals surface area (Å²) in [5, 5.41) is 0. The standard InChI is InChI=1S/C61H106O5/c1-4-7-10-13-16-19-22-25-27-29-31-32-34-37-39-42-45-48-51-54-60(62)65-58-59(66-61(63)55-52-49-46-43-40-36-24-21-18-15-12-9-6-3)57-64-56-53-50-47-44-41-38-35-33-30-28-26-23-20-17-14-11-8-5-2/h9,12,17-18,20-21,25-28,36,40,46,49,59H,4-8,10-11,13-16,19,22-24,29-35,37-39,41-45,47-48,50-58H2,1-3H3/b12-9-,20-17-,21-18-,27-25-,28-26-,40-36-,49-46-. The van der Waals surface area contributed by atoms with Crippen molar-refractivity contribution in [2.24, 2.45) is 0 Å². The number of hydrogen-bond acceptors (Lipinski definition) is 5. The molecule has 0 rings (SSSR count). The Kier molecular flexibility index (Phi) is 53.9. The highest BCUT2D eigenvalue weighted by molar-refractivity contribution is 5.70. The number of carbonyl (C=O) groups is 2. The number of allylic oxidation sites excluding steroid dienone is 14. The van der Waals surface area contributed by atoms with E-state index >= 15 is 0 Å². The molecule has 5 heteroatoms. The minimum absolute atomic E-state index is 0.0510. The van der Waals surface area contributed by atoms with Crippen LogP contribution in [0, 0.1) is 0 Å². The molecule has 0 fully saturated rings. The van der Waals surface area contributed by atoms with Gasteiger partial charge in [-0.05, 0) is 103 Å². The van der Waals surface area contributed by atoms with Crippen LogP contribution in [0.3, 0.4) is 0 Å². The Morgan fingerprint density at radius 3 is 1.20 bits per heavy atom. The van der Waals surface area contributed by atoms with Crippen molar-refractivity contribution in [3.63, 3.8) is 0 Å². The van der Waals surface area contributed by atoms with Gasteiger partial charge >= 0.3 is 11.9 Å². The van der Waals surface area contributed by atoms with E-state index in [1.165, 1.54) is 161 Å². The highest BCUT2D eigenvalue weighted by atomic mass is 16.6. The van der Waals surface area contributed by atoms with Crippen LogP contribution in [0.2, 0.25) is 0 Å². The SMILES string of the molecule is CC/C=C\C/C=C\C/C=C\C/C=C\CCC(=O)OC(COCCCCCCCCCC/C=C\C/C=C\CCCCC)COC(=O)CCCCCCCCCCC/C=C\CCCCCCCC. The number of hydrogen-bond donors (Lipinski definition) is 0. The van der Waals surface area contributed by atoms with Crippen LogP contribution < -0.4 is 0 Å². The molecule has 380 valence electrons. The van der Waals surface area contributed by atoms with E-state index in [0.717, 1.165) is 64.2 Å². The second kappa shape index (κ2) is 56.4. The predicted octanol–water partition coefficient (Wildman–Crippen LogP) is 19.2. The molecule has 1 unspecified atom stereocenters. The molecule has 0 heterocycles. The highest BCUT2D eigenvalue weighted by Gasteiger charge is 2.17. The lowest BCUT2D eigenvalue weighted by Gasteiger charge is -2.18. The molecule has 0 aliphatic carbocycles. The second-order valence-electron chi connectivity index (χ2n) is 18.4. The van der Waals surface area contributed by atoms with Gasteiger partial charge in [0.15, 0.2) is 6.10 Å². The quantitative estimate of drug-likeness (QED) is 0.0346. The van der Waals surface area contributed by atoms with Gasteiger partial charge in [0.25, 0.3) is 0 Å². The van der Waals surface area contributed by atoms with Crippen molar-refractivity contribution >= 4 is 11.9 Å². The molecular formula is C61H106O5. The maximum absolute atomic E-state index is 12.8. The summed E-state index contributed by atoms with van der Waals surface area (Å²) in [6.07, 6.45) is 74.7. The van der Waals surface area contributed by atoms with Crippen LogP contribution in [0.4, 0.5) is 0 Å². The van der Waals surface area contributed by atoms with Gasteiger partial charge in [0.1, 0.15) is 6.61 Å². The molecule has 5 nitrogen and oxygen atoms in total. The van der Waals surface area contributed by atoms with Gasteiger partial charge in [-0.2, -0.15) is 0 Å². The lowest BCUT2D eigenvalue weighted by Crippen LogP contribution is -2.30. The third kappa shape index (κ3) is 53.7. The number of rotatable bonds is 51. The van der Waals surface area contributed by atoms with Crippen molar-refractivity contribution in [1.29, 1.82) is 0 Å². The first-order chi connectivity index (χ1) is 32.6. The molecule has 0 spiro atoms. The van der Waals surface area contributed by atoms with Crippen molar-refractivity contribution in [2.45, 2.75) is 271 Å². The fraction of sp³-hybridized carbons (Fsp3) is 0.738. The zero-order valence-corrected chi connectivity index (χ0v) is 43.7. The average molecular weight is 920 g/mol. The molecule has 1 atom stereocenters. The van der Waals surface area contributed by atoms with Gasteiger partial charge in [-0.1, -0.05) is 234 Å². The summed E-state index contributed by atoms with van der Waals surface area (Å²) in [5.74, 6) is -0.492. The molecule has 0 aromatic heterocycles. The average Bonchev–Trinajstić information content (AvgIpc) is 3.32. The normalized spacial score (nSPS) is 12.8. The van der Waals surface area contributed by atoms with Crippen LogP contribution >= 0.6 is 0 Å². The molecule has 0 N–H and O–H groups in total. The largest absolute Gasteiger partial charge is 0.462 e. The first-order valence-electron chi connectivity index (χ1n) is 28.1. The summed E-state index contributed by atoms with van der Waals surface area (Å²) in [5.41, 5.74) is 0. The van der Waals surface area contributed by atoms with E-state index in [4.69, 9.17) is 14.2 Å². The van der Waals surface area contributed by atoms with Gasteiger partial charge in [-0.15, -0.1) is 0 Å². The lowest BCUT2D eigenvalue weighted by molar-refractivity contribution is -0.162. The van der Waals surface area contributed by atoms with E-state index in [1.54, 1.807) is 0 Å². The van der Waals surface area contributed by atoms with Crippen molar-refractivity contribution in [2.75, 3.05) is 19.8 Å². The monoisotopic (exact) mass is 919 g/mol. The molecule has 0 aliphatic rings. The maximum atomic E-state index is 12.8. The van der Waals surface area contributed by atoms with Crippen LogP contribution in [-0.2, 0) is 23.8 Å². The van der Waals surface area contributed by atoms with Gasteiger partial charge in [0.2, 0.25) is 0 Å². The van der Waals surface area contributed by atoms with Crippen molar-refractivity contribution < 1.29 is 23.8 Å². The molecule has 0 saturated carbocycles. The number of ether oxygens (including phenoxy) is 3. The maximum Gasteiger partial charge on any atom is 0.306 e. The first kappa shape index (κ1) is 63.1. The summed E-state index contributed by atoms with van der Waals surface area (Å²) in [4.78, 5) is 25.4. The van der Waals surface area contributed by atoms with Gasteiger partial charge in [0, 0.05) is 19.4 Å². The van der Waals surface area contributed by atoms with Gasteiger partial charge in [0.05, 0.1) is 6.61 Å². The molecule has 0 amide bonds. The first-order valence-corrected chi connectivity index (χ1v) is 28.1. The summed E-state index contributed by atoms with van der Waals surface area (Å²) in [7, 11) is 0. The number of unbranched alkanes of at least 4 members (excludes halogenated alkanes) is 26. The molecule has 0 aromatic carbocycles. The smallest absolute Gasteiger partial charge is 0.306 e. The predicted molar refractivity (Wildman–Crippen MR) is 288 cm³/mol. The fourth-order valence-electron chi connectivity index (χ4n) is 7.73. The lowest BCUT2D eigenvalue weighted by atomic mass is 10.1. The summed E-state index contributed by atoms with van der Waals surface area (Å²) >= 11 is 0.